The maximum absolute atomic E-state index is 2.37. The van der Waals surface area contributed by atoms with Crippen molar-refractivity contribution in [2.45, 2.75) is 123 Å². The molecule has 0 saturated heterocycles. The average molecular weight is 348 g/mol. The van der Waals surface area contributed by atoms with Crippen LogP contribution in [-0.2, 0) is 0 Å². The van der Waals surface area contributed by atoms with Gasteiger partial charge in [-0.15, -0.1) is 0 Å². The number of unbranched alkanes of at least 4 members (excludes halogenated alkanes) is 14. The van der Waals surface area contributed by atoms with Crippen molar-refractivity contribution in [1.82, 2.24) is 0 Å². The molecule has 0 rings (SSSR count). The Morgan fingerprint density at radius 1 is 0.565 bits per heavy atom. The lowest BCUT2D eigenvalue weighted by molar-refractivity contribution is -0.883. The summed E-state index contributed by atoms with van der Waals surface area (Å²) in [5.41, 5.74) is 0. The summed E-state index contributed by atoms with van der Waals surface area (Å²) in [6, 6.07) is 0.835. The Morgan fingerprint density at radius 3 is 1.17 bits per heavy atom. The molecule has 2 heteroatoms. The molecule has 23 heavy (non-hydrogen) atoms. The van der Waals surface area contributed by atoms with Gasteiger partial charge in [0.05, 0.1) is 20.1 Å². The van der Waals surface area contributed by atoms with E-state index in [1.807, 2.05) is 0 Å². The summed E-state index contributed by atoms with van der Waals surface area (Å²) >= 11 is 0. The predicted octanol–water partition coefficient (Wildman–Crippen LogP) is 2.78. The van der Waals surface area contributed by atoms with Gasteiger partial charge in [-0.2, -0.15) is 0 Å². The molecule has 1 N–H and O–H groups in total. The third-order valence-electron chi connectivity index (χ3n) is 5.23. The number of halogens is 1. The van der Waals surface area contributed by atoms with E-state index in [0.29, 0.717) is 0 Å². The van der Waals surface area contributed by atoms with Crippen LogP contribution in [0.1, 0.15) is 117 Å². The second-order valence-corrected chi connectivity index (χ2v) is 7.72. The van der Waals surface area contributed by atoms with Crippen molar-refractivity contribution >= 4 is 0 Å². The summed E-state index contributed by atoms with van der Waals surface area (Å²) in [4.78, 5) is 1.60. The Kier molecular flexibility index (Phi) is 22.5. The lowest BCUT2D eigenvalue weighted by Crippen LogP contribution is -3.09. The van der Waals surface area contributed by atoms with Crippen LogP contribution in [0.2, 0.25) is 0 Å². The molecule has 0 aliphatic rings. The standard InChI is InChI=1S/C21H45N.ClH/c1-5-6-7-8-9-10-11-12-13-14-15-16-17-18-19-20-21(2)22(3)4;/h21H,5-20H2,1-4H3;1H. The summed E-state index contributed by atoms with van der Waals surface area (Å²) in [5, 5.41) is 0. The van der Waals surface area contributed by atoms with Gasteiger partial charge in [0.2, 0.25) is 0 Å². The number of rotatable bonds is 17. The molecule has 0 saturated carbocycles. The highest BCUT2D eigenvalue weighted by molar-refractivity contribution is 4.51. The SMILES string of the molecule is CCCCCCCCCCCCCCCCCC(C)[NH+](C)C.[Cl-]. The first kappa shape index (κ1) is 25.5. The van der Waals surface area contributed by atoms with Crippen LogP contribution >= 0.6 is 0 Å². The van der Waals surface area contributed by atoms with Crippen LogP contribution in [0, 0.1) is 0 Å². The third-order valence-corrected chi connectivity index (χ3v) is 5.23. The Morgan fingerprint density at radius 2 is 0.870 bits per heavy atom. The molecule has 0 amide bonds. The maximum atomic E-state index is 2.37. The van der Waals surface area contributed by atoms with Crippen molar-refractivity contribution < 1.29 is 17.3 Å². The minimum atomic E-state index is 0. The van der Waals surface area contributed by atoms with E-state index in [1.54, 1.807) is 4.90 Å². The molecular weight excluding hydrogens is 302 g/mol. The molecule has 1 unspecified atom stereocenters. The quantitative estimate of drug-likeness (QED) is 0.386. The Labute approximate surface area is 154 Å². The number of hydrogen-bond donors (Lipinski definition) is 1. The van der Waals surface area contributed by atoms with Gasteiger partial charge in [-0.1, -0.05) is 96.8 Å². The van der Waals surface area contributed by atoms with Crippen LogP contribution in [0.3, 0.4) is 0 Å². The first-order valence-corrected chi connectivity index (χ1v) is 10.5. The second-order valence-electron chi connectivity index (χ2n) is 7.72. The molecule has 142 valence electrons. The Balaban J connectivity index is 0. The monoisotopic (exact) mass is 347 g/mol. The van der Waals surface area contributed by atoms with E-state index in [1.165, 1.54) is 103 Å². The van der Waals surface area contributed by atoms with E-state index in [4.69, 9.17) is 0 Å². The van der Waals surface area contributed by atoms with Crippen LogP contribution in [0.4, 0.5) is 0 Å². The summed E-state index contributed by atoms with van der Waals surface area (Å²) in [6.45, 7) is 4.67. The molecule has 1 atom stereocenters. The largest absolute Gasteiger partial charge is 1.00 e. The number of hydrogen-bond acceptors (Lipinski definition) is 0. The first-order valence-electron chi connectivity index (χ1n) is 10.5. The normalized spacial score (nSPS) is 12.4. The summed E-state index contributed by atoms with van der Waals surface area (Å²) in [5.74, 6) is 0. The van der Waals surface area contributed by atoms with Gasteiger partial charge in [-0.3, -0.25) is 0 Å². The number of nitrogens with one attached hydrogen (secondary N) is 1. The smallest absolute Gasteiger partial charge is 0.0842 e. The van der Waals surface area contributed by atoms with Crippen molar-refractivity contribution in [3.05, 3.63) is 0 Å². The topological polar surface area (TPSA) is 4.44 Å². The molecule has 0 aromatic rings. The van der Waals surface area contributed by atoms with Crippen LogP contribution in [0.15, 0.2) is 0 Å². The average Bonchev–Trinajstić information content (AvgIpc) is 2.50. The molecule has 0 aromatic carbocycles. The van der Waals surface area contributed by atoms with Crippen LogP contribution in [0.25, 0.3) is 0 Å². The summed E-state index contributed by atoms with van der Waals surface area (Å²) in [7, 11) is 4.55. The zero-order chi connectivity index (χ0) is 16.5. The van der Waals surface area contributed by atoms with Crippen molar-refractivity contribution in [1.29, 1.82) is 0 Å². The zero-order valence-electron chi connectivity index (χ0n) is 16.8. The molecule has 0 aromatic heterocycles. The van der Waals surface area contributed by atoms with Gasteiger partial charge in [0.25, 0.3) is 0 Å². The van der Waals surface area contributed by atoms with Crippen molar-refractivity contribution in [2.24, 2.45) is 0 Å². The maximum Gasteiger partial charge on any atom is 0.0842 e. The fourth-order valence-electron chi connectivity index (χ4n) is 3.11. The summed E-state index contributed by atoms with van der Waals surface area (Å²) in [6.07, 6.45) is 23.3. The lowest BCUT2D eigenvalue weighted by Gasteiger charge is -2.16. The fraction of sp³-hybridized carbons (Fsp3) is 1.00. The van der Waals surface area contributed by atoms with Crippen LogP contribution < -0.4 is 17.3 Å². The van der Waals surface area contributed by atoms with Gasteiger partial charge in [-0.05, 0) is 19.8 Å². The Hall–Kier alpha value is 0.250. The van der Waals surface area contributed by atoms with Gasteiger partial charge in [0.15, 0.2) is 0 Å². The van der Waals surface area contributed by atoms with Crippen molar-refractivity contribution in [3.8, 4) is 0 Å². The van der Waals surface area contributed by atoms with E-state index in [2.05, 4.69) is 27.9 Å². The van der Waals surface area contributed by atoms with E-state index < -0.39 is 0 Å². The fourth-order valence-corrected chi connectivity index (χ4v) is 3.11. The highest BCUT2D eigenvalue weighted by Gasteiger charge is 2.06. The highest BCUT2D eigenvalue weighted by atomic mass is 35.5. The zero-order valence-corrected chi connectivity index (χ0v) is 17.5. The minimum absolute atomic E-state index is 0. The van der Waals surface area contributed by atoms with E-state index >= 15 is 0 Å². The number of quaternary nitrogens is 1. The van der Waals surface area contributed by atoms with Gasteiger partial charge >= 0.3 is 0 Å². The first-order chi connectivity index (χ1) is 10.7. The molecule has 0 radical (unpaired) electrons. The molecule has 0 heterocycles. The third kappa shape index (κ3) is 20.2. The highest BCUT2D eigenvalue weighted by Crippen LogP contribution is 2.13. The molecule has 0 aliphatic carbocycles. The van der Waals surface area contributed by atoms with Gasteiger partial charge in [-0.25, -0.2) is 0 Å². The summed E-state index contributed by atoms with van der Waals surface area (Å²) < 4.78 is 0. The molecule has 1 nitrogen and oxygen atoms in total. The molecular formula is C21H46ClN. The van der Waals surface area contributed by atoms with Gasteiger partial charge in [0, 0.05) is 0 Å². The predicted molar refractivity (Wildman–Crippen MR) is 102 cm³/mol. The molecule has 0 spiro atoms. The molecule has 0 aliphatic heterocycles. The van der Waals surface area contributed by atoms with Crippen molar-refractivity contribution in [3.63, 3.8) is 0 Å². The molecule has 0 fully saturated rings. The van der Waals surface area contributed by atoms with Gasteiger partial charge in [0.1, 0.15) is 0 Å². The van der Waals surface area contributed by atoms with Gasteiger partial charge < -0.3 is 17.3 Å². The van der Waals surface area contributed by atoms with Crippen LogP contribution in [-0.4, -0.2) is 20.1 Å². The van der Waals surface area contributed by atoms with Crippen molar-refractivity contribution in [2.75, 3.05) is 14.1 Å². The minimum Gasteiger partial charge on any atom is -1.00 e. The van der Waals surface area contributed by atoms with Crippen LogP contribution in [0.5, 0.6) is 0 Å². The van der Waals surface area contributed by atoms with E-state index in [0.717, 1.165) is 6.04 Å². The second kappa shape index (κ2) is 20.3. The lowest BCUT2D eigenvalue weighted by atomic mass is 10.0. The Bertz CT molecular complexity index is 206. The van der Waals surface area contributed by atoms with E-state index in [-0.39, 0.29) is 12.4 Å². The van der Waals surface area contributed by atoms with E-state index in [9.17, 15) is 0 Å². The molecule has 0 bridgehead atoms.